The van der Waals surface area contributed by atoms with E-state index < -0.39 is 0 Å². The van der Waals surface area contributed by atoms with E-state index in [0.717, 1.165) is 24.4 Å². The molecule has 1 fully saturated rings. The molecule has 0 unspecified atom stereocenters. The Labute approximate surface area is 155 Å². The van der Waals surface area contributed by atoms with Crippen molar-refractivity contribution < 1.29 is 9.53 Å². The maximum absolute atomic E-state index is 12.2. The van der Waals surface area contributed by atoms with Crippen LogP contribution in [0.3, 0.4) is 0 Å². The molecule has 2 heterocycles. The lowest BCUT2D eigenvalue weighted by Gasteiger charge is -2.39. The second-order valence-corrected chi connectivity index (χ2v) is 7.17. The van der Waals surface area contributed by atoms with Crippen molar-refractivity contribution >= 4 is 5.91 Å². The zero-order chi connectivity index (χ0) is 18.7. The molecule has 6 heteroatoms. The van der Waals surface area contributed by atoms with Crippen LogP contribution in [0.15, 0.2) is 36.5 Å². The molecule has 140 valence electrons. The maximum atomic E-state index is 12.2. The number of likely N-dealkylation sites (N-methyl/N-ethyl adjacent to an activating group) is 1. The van der Waals surface area contributed by atoms with Crippen LogP contribution in [-0.2, 0) is 18.4 Å². The van der Waals surface area contributed by atoms with Crippen molar-refractivity contribution in [3.05, 3.63) is 47.8 Å². The summed E-state index contributed by atoms with van der Waals surface area (Å²) in [4.78, 5) is 14.1. The molecule has 3 rings (SSSR count). The van der Waals surface area contributed by atoms with Gasteiger partial charge in [-0.15, -0.1) is 0 Å². The van der Waals surface area contributed by atoms with Gasteiger partial charge in [-0.25, -0.2) is 0 Å². The summed E-state index contributed by atoms with van der Waals surface area (Å²) in [5.74, 6) is 1.07. The van der Waals surface area contributed by atoms with Crippen LogP contribution in [0.4, 0.5) is 0 Å². The number of likely N-dealkylation sites (tertiary alicyclic amines) is 1. The minimum absolute atomic E-state index is 0.0150. The van der Waals surface area contributed by atoms with Gasteiger partial charge in [-0.2, -0.15) is 5.10 Å². The quantitative estimate of drug-likeness (QED) is 0.864. The Hall–Kier alpha value is -2.34. The molecule has 1 aromatic heterocycles. The van der Waals surface area contributed by atoms with Crippen molar-refractivity contribution in [3.63, 3.8) is 0 Å². The molecule has 2 aromatic rings. The number of carbonyl (C=O) groups is 1. The van der Waals surface area contributed by atoms with Gasteiger partial charge in [-0.05, 0) is 44.0 Å². The molecule has 2 atom stereocenters. The molecule has 1 aliphatic rings. The first kappa shape index (κ1) is 18.5. The molecule has 1 aromatic carbocycles. The molecule has 1 aliphatic heterocycles. The van der Waals surface area contributed by atoms with Gasteiger partial charge in [0.1, 0.15) is 5.75 Å². The molecule has 0 saturated carbocycles. The molecule has 0 spiro atoms. The third-order valence-electron chi connectivity index (χ3n) is 4.86. The molecular formula is C20H28N4O2. The van der Waals surface area contributed by atoms with Gasteiger partial charge in [-0.1, -0.05) is 12.1 Å². The van der Waals surface area contributed by atoms with E-state index in [-0.39, 0.29) is 24.1 Å². The van der Waals surface area contributed by atoms with E-state index in [1.807, 2.05) is 55.7 Å². The monoisotopic (exact) mass is 356 g/mol. The van der Waals surface area contributed by atoms with E-state index in [1.165, 1.54) is 5.56 Å². The number of piperidine rings is 1. The number of ether oxygens (including phenoxy) is 1. The van der Waals surface area contributed by atoms with Crippen LogP contribution >= 0.6 is 0 Å². The largest absolute Gasteiger partial charge is 0.491 e. The van der Waals surface area contributed by atoms with Crippen LogP contribution in [0.5, 0.6) is 5.75 Å². The first-order valence-corrected chi connectivity index (χ1v) is 9.18. The average Bonchev–Trinajstić information content (AvgIpc) is 3.01. The zero-order valence-electron chi connectivity index (χ0n) is 16.0. The summed E-state index contributed by atoms with van der Waals surface area (Å²) >= 11 is 0. The number of carbonyl (C=O) groups excluding carboxylic acids is 1. The lowest BCUT2D eigenvalue weighted by atomic mass is 9.93. The lowest BCUT2D eigenvalue weighted by Crippen LogP contribution is -2.49. The molecule has 0 aliphatic carbocycles. The Morgan fingerprint density at radius 1 is 1.31 bits per heavy atom. The Kier molecular flexibility index (Phi) is 5.61. The van der Waals surface area contributed by atoms with Crippen LogP contribution in [0.25, 0.3) is 0 Å². The van der Waals surface area contributed by atoms with Crippen molar-refractivity contribution in [2.45, 2.75) is 51.4 Å². The number of rotatable bonds is 6. The highest BCUT2D eigenvalue weighted by Gasteiger charge is 2.35. The van der Waals surface area contributed by atoms with E-state index in [0.29, 0.717) is 6.42 Å². The van der Waals surface area contributed by atoms with E-state index in [4.69, 9.17) is 4.74 Å². The van der Waals surface area contributed by atoms with E-state index in [1.54, 1.807) is 6.20 Å². The SMILES string of the molecule is CC(C)Oc1cccc(CN[C@@H]2CCC(=O)N(C)[C@H]2c2ccnn2C)c1. The normalized spacial score (nSPS) is 20.7. The summed E-state index contributed by atoms with van der Waals surface area (Å²) in [5.41, 5.74) is 2.22. The third kappa shape index (κ3) is 4.07. The first-order chi connectivity index (χ1) is 12.5. The Morgan fingerprint density at radius 2 is 2.12 bits per heavy atom. The van der Waals surface area contributed by atoms with E-state index in [2.05, 4.69) is 22.5 Å². The lowest BCUT2D eigenvalue weighted by molar-refractivity contribution is -0.136. The highest BCUT2D eigenvalue weighted by molar-refractivity contribution is 5.77. The molecule has 1 N–H and O–H groups in total. The number of aryl methyl sites for hydroxylation is 1. The summed E-state index contributed by atoms with van der Waals surface area (Å²) in [6, 6.07) is 10.3. The molecular weight excluding hydrogens is 328 g/mol. The number of benzene rings is 1. The highest BCUT2D eigenvalue weighted by atomic mass is 16.5. The Balaban J connectivity index is 1.73. The van der Waals surface area contributed by atoms with Gasteiger partial charge in [0.25, 0.3) is 0 Å². The predicted octanol–water partition coefficient (Wildman–Crippen LogP) is 2.66. The fraction of sp³-hybridized carbons (Fsp3) is 0.500. The van der Waals surface area contributed by atoms with Gasteiger partial charge in [0.15, 0.2) is 0 Å². The summed E-state index contributed by atoms with van der Waals surface area (Å²) < 4.78 is 7.63. The van der Waals surface area contributed by atoms with Gasteiger partial charge < -0.3 is 15.0 Å². The molecule has 0 radical (unpaired) electrons. The maximum Gasteiger partial charge on any atom is 0.222 e. The first-order valence-electron chi connectivity index (χ1n) is 9.18. The third-order valence-corrected chi connectivity index (χ3v) is 4.86. The van der Waals surface area contributed by atoms with Crippen LogP contribution < -0.4 is 10.1 Å². The van der Waals surface area contributed by atoms with E-state index in [9.17, 15) is 4.79 Å². The predicted molar refractivity (Wildman–Crippen MR) is 101 cm³/mol. The Morgan fingerprint density at radius 3 is 2.81 bits per heavy atom. The van der Waals surface area contributed by atoms with Crippen molar-refractivity contribution in [1.29, 1.82) is 0 Å². The van der Waals surface area contributed by atoms with Crippen molar-refractivity contribution in [2.24, 2.45) is 7.05 Å². The fourth-order valence-electron chi connectivity index (χ4n) is 3.58. The van der Waals surface area contributed by atoms with Crippen LogP contribution in [0, 0.1) is 0 Å². The summed E-state index contributed by atoms with van der Waals surface area (Å²) in [7, 11) is 3.80. The molecule has 1 amide bonds. The summed E-state index contributed by atoms with van der Waals surface area (Å²) in [6.07, 6.45) is 3.33. The molecule has 0 bridgehead atoms. The number of amides is 1. The molecule has 6 nitrogen and oxygen atoms in total. The van der Waals surface area contributed by atoms with Gasteiger partial charge in [-0.3, -0.25) is 9.48 Å². The number of nitrogens with one attached hydrogen (secondary N) is 1. The van der Waals surface area contributed by atoms with Crippen LogP contribution in [0.2, 0.25) is 0 Å². The van der Waals surface area contributed by atoms with E-state index >= 15 is 0 Å². The molecule has 26 heavy (non-hydrogen) atoms. The Bertz CT molecular complexity index is 756. The van der Waals surface area contributed by atoms with Crippen molar-refractivity contribution in [2.75, 3.05) is 7.05 Å². The van der Waals surface area contributed by atoms with Gasteiger partial charge >= 0.3 is 0 Å². The number of nitrogens with zero attached hydrogens (tertiary/aromatic N) is 3. The topological polar surface area (TPSA) is 59.4 Å². The van der Waals surface area contributed by atoms with Crippen LogP contribution in [-0.4, -0.2) is 39.8 Å². The highest BCUT2D eigenvalue weighted by Crippen LogP contribution is 2.30. The number of hydrogen-bond acceptors (Lipinski definition) is 4. The standard InChI is InChI=1S/C20H28N4O2/c1-14(2)26-16-7-5-6-15(12-16)13-21-17-8-9-19(25)23(3)20(17)18-10-11-22-24(18)4/h5-7,10-12,14,17,20-21H,8-9,13H2,1-4H3/t17-,20-/m1/s1. The smallest absolute Gasteiger partial charge is 0.222 e. The minimum Gasteiger partial charge on any atom is -0.491 e. The summed E-state index contributed by atoms with van der Waals surface area (Å²) in [6.45, 7) is 4.78. The van der Waals surface area contributed by atoms with Gasteiger partial charge in [0.05, 0.1) is 17.8 Å². The van der Waals surface area contributed by atoms with Gasteiger partial charge in [0, 0.05) is 39.3 Å². The zero-order valence-corrected chi connectivity index (χ0v) is 16.0. The average molecular weight is 356 g/mol. The van der Waals surface area contributed by atoms with Gasteiger partial charge in [0.2, 0.25) is 5.91 Å². The number of hydrogen-bond donors (Lipinski definition) is 1. The fourth-order valence-corrected chi connectivity index (χ4v) is 3.58. The second kappa shape index (κ2) is 7.91. The van der Waals surface area contributed by atoms with Crippen LogP contribution in [0.1, 0.15) is 44.0 Å². The van der Waals surface area contributed by atoms with Crippen molar-refractivity contribution in [3.8, 4) is 5.75 Å². The minimum atomic E-state index is -0.0150. The number of aromatic nitrogens is 2. The molecule has 1 saturated heterocycles. The second-order valence-electron chi connectivity index (χ2n) is 7.17. The summed E-state index contributed by atoms with van der Waals surface area (Å²) in [5, 5.41) is 7.92. The van der Waals surface area contributed by atoms with Crippen molar-refractivity contribution in [1.82, 2.24) is 20.0 Å².